The molecule has 9 nitrogen and oxygen atoms in total. The number of methoxy groups -OCH3 is 1. The van der Waals surface area contributed by atoms with E-state index in [-0.39, 0.29) is 29.8 Å². The van der Waals surface area contributed by atoms with Gasteiger partial charge in [0.2, 0.25) is 5.91 Å². The molecule has 1 amide bonds. The number of aryl methyl sites for hydroxylation is 1. The molecule has 3 heterocycles. The van der Waals surface area contributed by atoms with E-state index in [4.69, 9.17) is 9.47 Å². The Kier molecular flexibility index (Phi) is 4.22. The van der Waals surface area contributed by atoms with Crippen molar-refractivity contribution in [3.05, 3.63) is 23.9 Å². The van der Waals surface area contributed by atoms with Crippen molar-refractivity contribution in [1.29, 1.82) is 0 Å². The van der Waals surface area contributed by atoms with Crippen molar-refractivity contribution in [1.82, 2.24) is 9.78 Å². The Morgan fingerprint density at radius 2 is 2.15 bits per heavy atom. The Morgan fingerprint density at radius 3 is 2.89 bits per heavy atom. The van der Waals surface area contributed by atoms with Crippen LogP contribution in [0.2, 0.25) is 0 Å². The van der Waals surface area contributed by atoms with E-state index in [9.17, 15) is 13.2 Å². The van der Waals surface area contributed by atoms with Crippen LogP contribution in [0.4, 0.5) is 11.4 Å². The average molecular weight is 392 g/mol. The minimum absolute atomic E-state index is 0.107. The summed E-state index contributed by atoms with van der Waals surface area (Å²) in [5.74, 6) is 0.315. The monoisotopic (exact) mass is 392 g/mol. The summed E-state index contributed by atoms with van der Waals surface area (Å²) in [7, 11) is -2.50. The number of hydrogen-bond donors (Lipinski definition) is 1. The molecule has 2 aliphatic rings. The second kappa shape index (κ2) is 6.45. The summed E-state index contributed by atoms with van der Waals surface area (Å²) in [5.41, 5.74) is 1.55. The Balaban J connectivity index is 1.82. The zero-order chi connectivity index (χ0) is 19.2. The second-order valence-electron chi connectivity index (χ2n) is 6.40. The first-order valence-electron chi connectivity index (χ1n) is 8.62. The number of benzene rings is 1. The number of nitrogens with one attached hydrogen (secondary N) is 1. The first kappa shape index (κ1) is 17.7. The second-order valence-corrected chi connectivity index (χ2v) is 8.20. The Morgan fingerprint density at radius 1 is 1.33 bits per heavy atom. The van der Waals surface area contributed by atoms with Gasteiger partial charge in [-0.05, 0) is 31.0 Å². The highest BCUT2D eigenvalue weighted by Crippen LogP contribution is 2.40. The Hall–Kier alpha value is -2.75. The molecule has 2 aliphatic heterocycles. The van der Waals surface area contributed by atoms with Crippen molar-refractivity contribution in [3.63, 3.8) is 0 Å². The number of hydrogen-bond acceptors (Lipinski definition) is 6. The molecule has 27 heavy (non-hydrogen) atoms. The predicted molar refractivity (Wildman–Crippen MR) is 97.9 cm³/mol. The molecule has 10 heteroatoms. The molecule has 0 unspecified atom stereocenters. The third-order valence-corrected chi connectivity index (χ3v) is 6.49. The van der Waals surface area contributed by atoms with Gasteiger partial charge in [0, 0.05) is 19.2 Å². The van der Waals surface area contributed by atoms with Gasteiger partial charge in [-0.15, -0.1) is 5.10 Å². The number of carbonyl (C=O) groups excluding carboxylic acids is 1. The lowest BCUT2D eigenvalue weighted by Crippen LogP contribution is -2.38. The van der Waals surface area contributed by atoms with E-state index in [1.165, 1.54) is 18.3 Å². The minimum Gasteiger partial charge on any atom is -0.489 e. The molecule has 1 aromatic heterocycles. The average Bonchev–Trinajstić information content (AvgIpc) is 3.20. The van der Waals surface area contributed by atoms with Gasteiger partial charge >= 0.3 is 0 Å². The van der Waals surface area contributed by atoms with Gasteiger partial charge in [-0.3, -0.25) is 13.8 Å². The Bertz CT molecular complexity index is 1010. The van der Waals surface area contributed by atoms with Gasteiger partial charge in [-0.2, -0.15) is 0 Å². The van der Waals surface area contributed by atoms with E-state index >= 15 is 0 Å². The van der Waals surface area contributed by atoms with Crippen molar-refractivity contribution < 1.29 is 22.7 Å². The lowest BCUT2D eigenvalue weighted by atomic mass is 10.2. The third-order valence-electron chi connectivity index (χ3n) is 4.60. The zero-order valence-electron chi connectivity index (χ0n) is 15.1. The maximum Gasteiger partial charge on any atom is 0.271 e. The fourth-order valence-corrected chi connectivity index (χ4v) is 5.29. The molecular weight excluding hydrogens is 372 g/mol. The third kappa shape index (κ3) is 2.89. The van der Waals surface area contributed by atoms with E-state index in [1.807, 2.05) is 0 Å². The van der Waals surface area contributed by atoms with Gasteiger partial charge in [-0.1, -0.05) is 0 Å². The quantitative estimate of drug-likeness (QED) is 0.843. The maximum atomic E-state index is 13.5. The summed E-state index contributed by atoms with van der Waals surface area (Å²) >= 11 is 0. The van der Waals surface area contributed by atoms with Crippen LogP contribution in [0.1, 0.15) is 19.0 Å². The molecular formula is C17H20N4O5S. The smallest absolute Gasteiger partial charge is 0.271 e. The van der Waals surface area contributed by atoms with Crippen molar-refractivity contribution in [3.8, 4) is 11.6 Å². The first-order chi connectivity index (χ1) is 12.9. The number of amides is 1. The standard InChI is InChI=1S/C17H20N4O5S/c1-11(22)18-12-5-6-15-14(10-12)21(8-9-26-15)27(23,24)16-13-4-3-7-20(13)19-17(16)25-2/h5-6,10H,3-4,7-9H2,1-2H3,(H,18,22). The number of ether oxygens (including phenoxy) is 2. The molecule has 0 fully saturated rings. The van der Waals surface area contributed by atoms with Gasteiger partial charge < -0.3 is 14.8 Å². The summed E-state index contributed by atoms with van der Waals surface area (Å²) in [5, 5.41) is 6.95. The first-order valence-corrected chi connectivity index (χ1v) is 10.1. The van der Waals surface area contributed by atoms with E-state index in [2.05, 4.69) is 10.4 Å². The van der Waals surface area contributed by atoms with Gasteiger partial charge in [0.05, 0.1) is 25.0 Å². The molecule has 0 saturated carbocycles. The normalized spacial score (nSPS) is 15.7. The van der Waals surface area contributed by atoms with E-state index in [0.717, 1.165) is 6.42 Å². The number of nitrogens with zero attached hydrogens (tertiary/aromatic N) is 3. The molecule has 1 aromatic carbocycles. The van der Waals surface area contributed by atoms with E-state index < -0.39 is 10.0 Å². The lowest BCUT2D eigenvalue weighted by Gasteiger charge is -2.30. The predicted octanol–water partition coefficient (Wildman–Crippen LogP) is 1.38. The van der Waals surface area contributed by atoms with Crippen LogP contribution >= 0.6 is 0 Å². The summed E-state index contributed by atoms with van der Waals surface area (Å²) in [6, 6.07) is 4.93. The van der Waals surface area contributed by atoms with Crippen LogP contribution in [0.5, 0.6) is 11.6 Å². The van der Waals surface area contributed by atoms with Crippen LogP contribution in [-0.4, -0.2) is 44.4 Å². The van der Waals surface area contributed by atoms with Crippen LogP contribution in [-0.2, 0) is 27.8 Å². The molecule has 0 radical (unpaired) electrons. The molecule has 4 rings (SSSR count). The fourth-order valence-electron chi connectivity index (χ4n) is 3.51. The van der Waals surface area contributed by atoms with Crippen LogP contribution < -0.4 is 19.1 Å². The van der Waals surface area contributed by atoms with Gasteiger partial charge in [-0.25, -0.2) is 8.42 Å². The van der Waals surface area contributed by atoms with Gasteiger partial charge in [0.1, 0.15) is 12.4 Å². The van der Waals surface area contributed by atoms with Crippen molar-refractivity contribution in [2.75, 3.05) is 29.9 Å². The van der Waals surface area contributed by atoms with Crippen molar-refractivity contribution in [2.24, 2.45) is 0 Å². The van der Waals surface area contributed by atoms with Crippen LogP contribution in [0.3, 0.4) is 0 Å². The van der Waals surface area contributed by atoms with Gasteiger partial charge in [0.15, 0.2) is 4.90 Å². The Labute approximate surface area is 156 Å². The van der Waals surface area contributed by atoms with Crippen LogP contribution in [0.15, 0.2) is 23.1 Å². The highest BCUT2D eigenvalue weighted by Gasteiger charge is 2.38. The number of aromatic nitrogens is 2. The minimum atomic E-state index is -3.91. The number of rotatable bonds is 4. The van der Waals surface area contributed by atoms with Crippen molar-refractivity contribution >= 4 is 27.3 Å². The topological polar surface area (TPSA) is 103 Å². The molecule has 0 saturated heterocycles. The van der Waals surface area contributed by atoms with Crippen LogP contribution in [0.25, 0.3) is 0 Å². The molecule has 0 spiro atoms. The molecule has 144 valence electrons. The molecule has 0 bridgehead atoms. The van der Waals surface area contributed by atoms with E-state index in [1.54, 1.807) is 22.9 Å². The van der Waals surface area contributed by atoms with Crippen molar-refractivity contribution in [2.45, 2.75) is 31.2 Å². The summed E-state index contributed by atoms with van der Waals surface area (Å²) in [6.45, 7) is 2.46. The highest BCUT2D eigenvalue weighted by molar-refractivity contribution is 7.93. The SMILES string of the molecule is COc1nn2c(c1S(=O)(=O)N1CCOc3ccc(NC(C)=O)cc31)CCC2. The van der Waals surface area contributed by atoms with Gasteiger partial charge in [0.25, 0.3) is 15.9 Å². The number of sulfonamides is 1. The molecule has 0 atom stereocenters. The van der Waals surface area contributed by atoms with E-state index in [0.29, 0.717) is 35.8 Å². The number of fused-ring (bicyclic) bond motifs is 2. The molecule has 2 aromatic rings. The fraction of sp³-hybridized carbons (Fsp3) is 0.412. The van der Waals surface area contributed by atoms with Crippen LogP contribution in [0, 0.1) is 0 Å². The largest absolute Gasteiger partial charge is 0.489 e. The summed E-state index contributed by atoms with van der Waals surface area (Å²) < 4.78 is 40.9. The molecule has 0 aliphatic carbocycles. The summed E-state index contributed by atoms with van der Waals surface area (Å²) in [4.78, 5) is 11.5. The number of anilines is 2. The zero-order valence-corrected chi connectivity index (χ0v) is 15.9. The lowest BCUT2D eigenvalue weighted by molar-refractivity contribution is -0.114. The maximum absolute atomic E-state index is 13.5. The number of carbonyl (C=O) groups is 1. The molecule has 1 N–H and O–H groups in total. The summed E-state index contributed by atoms with van der Waals surface area (Å²) in [6.07, 6.45) is 1.48. The highest BCUT2D eigenvalue weighted by atomic mass is 32.2.